The fraction of sp³-hybridized carbons (Fsp3) is 0.696. The number of methoxy groups -OCH3 is 1. The van der Waals surface area contributed by atoms with Crippen LogP contribution in [0.15, 0.2) is 29.3 Å². The van der Waals surface area contributed by atoms with Gasteiger partial charge in [0, 0.05) is 44.3 Å². The number of benzene rings is 1. The number of ether oxygens (including phenoxy) is 2. The Morgan fingerprint density at radius 1 is 1.33 bits per heavy atom. The van der Waals surface area contributed by atoms with Gasteiger partial charge in [-0.05, 0) is 45.7 Å². The predicted octanol–water partition coefficient (Wildman–Crippen LogP) is 2.33. The fourth-order valence-corrected chi connectivity index (χ4v) is 4.44. The van der Waals surface area contributed by atoms with Crippen LogP contribution < -0.4 is 20.3 Å². The lowest BCUT2D eigenvalue weighted by Crippen LogP contribution is -2.52. The van der Waals surface area contributed by atoms with Crippen molar-refractivity contribution in [1.82, 2.24) is 15.5 Å². The number of nitrogens with one attached hydrogen (secondary N) is 2. The Labute approximate surface area is 181 Å². The van der Waals surface area contributed by atoms with Gasteiger partial charge in [0.2, 0.25) is 0 Å². The molecule has 7 heteroatoms. The van der Waals surface area contributed by atoms with E-state index in [1.54, 1.807) is 7.11 Å². The molecule has 2 saturated heterocycles. The van der Waals surface area contributed by atoms with Crippen molar-refractivity contribution in [2.75, 3.05) is 57.9 Å². The second kappa shape index (κ2) is 11.4. The van der Waals surface area contributed by atoms with Crippen LogP contribution in [0, 0.1) is 0 Å². The molecule has 30 heavy (non-hydrogen) atoms. The van der Waals surface area contributed by atoms with Crippen molar-refractivity contribution in [3.8, 4) is 5.75 Å². The summed E-state index contributed by atoms with van der Waals surface area (Å²) in [6, 6.07) is 9.49. The van der Waals surface area contributed by atoms with E-state index in [0.717, 1.165) is 70.5 Å². The van der Waals surface area contributed by atoms with E-state index in [2.05, 4.69) is 53.3 Å². The highest BCUT2D eigenvalue weighted by Gasteiger charge is 2.25. The number of rotatable bonds is 7. The molecule has 2 aliphatic rings. The second-order valence-corrected chi connectivity index (χ2v) is 8.33. The van der Waals surface area contributed by atoms with Gasteiger partial charge in [0.15, 0.2) is 5.96 Å². The van der Waals surface area contributed by atoms with E-state index in [1.165, 1.54) is 5.69 Å². The highest BCUT2D eigenvalue weighted by molar-refractivity contribution is 5.80. The third-order valence-corrected chi connectivity index (χ3v) is 6.03. The topological polar surface area (TPSA) is 61.4 Å². The maximum atomic E-state index is 5.57. The molecule has 168 valence electrons. The molecule has 0 radical (unpaired) electrons. The quantitative estimate of drug-likeness (QED) is 0.525. The third-order valence-electron chi connectivity index (χ3n) is 6.03. The first-order chi connectivity index (χ1) is 14.6. The number of guanidine groups is 1. The van der Waals surface area contributed by atoms with Gasteiger partial charge >= 0.3 is 0 Å². The van der Waals surface area contributed by atoms with Crippen molar-refractivity contribution >= 4 is 11.6 Å². The third kappa shape index (κ3) is 6.01. The van der Waals surface area contributed by atoms with Gasteiger partial charge in [0.25, 0.3) is 0 Å². The molecular weight excluding hydrogens is 378 g/mol. The number of hydrogen-bond donors (Lipinski definition) is 2. The van der Waals surface area contributed by atoms with E-state index in [9.17, 15) is 0 Å². The highest BCUT2D eigenvalue weighted by atomic mass is 16.5. The van der Waals surface area contributed by atoms with Gasteiger partial charge in [-0.3, -0.25) is 9.89 Å². The first-order valence-electron chi connectivity index (χ1n) is 11.4. The van der Waals surface area contributed by atoms with Gasteiger partial charge in [0.05, 0.1) is 32.6 Å². The summed E-state index contributed by atoms with van der Waals surface area (Å²) in [5.74, 6) is 1.85. The molecule has 7 nitrogen and oxygen atoms in total. The zero-order valence-electron chi connectivity index (χ0n) is 19.1. The van der Waals surface area contributed by atoms with Crippen molar-refractivity contribution < 1.29 is 9.47 Å². The number of nitrogens with zero attached hydrogens (tertiary/aromatic N) is 3. The maximum absolute atomic E-state index is 5.57. The molecule has 2 aliphatic heterocycles. The Hall–Kier alpha value is -1.99. The summed E-state index contributed by atoms with van der Waals surface area (Å²) < 4.78 is 11.1. The van der Waals surface area contributed by atoms with E-state index in [0.29, 0.717) is 18.1 Å². The average Bonchev–Trinajstić information content (AvgIpc) is 2.78. The molecule has 1 aromatic carbocycles. The molecule has 3 atom stereocenters. The standard InChI is InChI=1S/C23H39N5O2/c1-5-24-23(25-15-18(2)28-13-14-30-17-19(28)3)26-20-9-8-12-27(16-20)21-10-6-7-11-22(21)29-4/h6-7,10-11,18-20H,5,8-9,12-17H2,1-4H3,(H2,24,25,26). The van der Waals surface area contributed by atoms with E-state index < -0.39 is 0 Å². The molecule has 3 rings (SSSR count). The molecule has 2 fully saturated rings. The lowest BCUT2D eigenvalue weighted by molar-refractivity contribution is -0.0165. The molecule has 2 heterocycles. The van der Waals surface area contributed by atoms with Crippen LogP contribution in [0.5, 0.6) is 5.75 Å². The normalized spacial score (nSPS) is 24.4. The first kappa shape index (κ1) is 22.7. The van der Waals surface area contributed by atoms with Crippen molar-refractivity contribution in [3.63, 3.8) is 0 Å². The summed E-state index contributed by atoms with van der Waals surface area (Å²) in [4.78, 5) is 9.84. The Kier molecular flexibility index (Phi) is 8.63. The molecule has 1 aromatic rings. The summed E-state index contributed by atoms with van der Waals surface area (Å²) in [6.07, 6.45) is 2.29. The SMILES string of the molecule is CCNC(=NCC(C)N1CCOCC1C)NC1CCCN(c2ccccc2OC)C1. The number of para-hydroxylation sites is 2. The number of morpholine rings is 1. The second-order valence-electron chi connectivity index (χ2n) is 8.33. The number of hydrogen-bond acceptors (Lipinski definition) is 5. The lowest BCUT2D eigenvalue weighted by Gasteiger charge is -2.37. The minimum absolute atomic E-state index is 0.360. The molecule has 0 aliphatic carbocycles. The van der Waals surface area contributed by atoms with Crippen LogP contribution in [0.4, 0.5) is 5.69 Å². The molecule has 3 unspecified atom stereocenters. The van der Waals surface area contributed by atoms with Crippen LogP contribution in [0.1, 0.15) is 33.6 Å². The smallest absolute Gasteiger partial charge is 0.191 e. The molecule has 0 bridgehead atoms. The number of anilines is 1. The molecule has 0 aromatic heterocycles. The molecule has 0 spiro atoms. The maximum Gasteiger partial charge on any atom is 0.191 e. The minimum atomic E-state index is 0.360. The number of piperidine rings is 1. The van der Waals surface area contributed by atoms with Gasteiger partial charge in [-0.2, -0.15) is 0 Å². The summed E-state index contributed by atoms with van der Waals surface area (Å²) >= 11 is 0. The molecule has 0 saturated carbocycles. The van der Waals surface area contributed by atoms with Gasteiger partial charge in [-0.25, -0.2) is 0 Å². The summed E-state index contributed by atoms with van der Waals surface area (Å²) in [5.41, 5.74) is 1.17. The zero-order valence-corrected chi connectivity index (χ0v) is 19.1. The van der Waals surface area contributed by atoms with Crippen LogP contribution in [-0.2, 0) is 4.74 Å². The van der Waals surface area contributed by atoms with Crippen molar-refractivity contribution in [3.05, 3.63) is 24.3 Å². The lowest BCUT2D eigenvalue weighted by atomic mass is 10.0. The van der Waals surface area contributed by atoms with Gasteiger partial charge in [-0.1, -0.05) is 12.1 Å². The average molecular weight is 418 g/mol. The van der Waals surface area contributed by atoms with E-state index in [1.807, 2.05) is 12.1 Å². The molecule has 0 amide bonds. The van der Waals surface area contributed by atoms with E-state index in [-0.39, 0.29) is 0 Å². The Bertz CT molecular complexity index is 683. The van der Waals surface area contributed by atoms with Crippen molar-refractivity contribution in [1.29, 1.82) is 0 Å². The van der Waals surface area contributed by atoms with Crippen LogP contribution in [-0.4, -0.2) is 82.0 Å². The Morgan fingerprint density at radius 3 is 2.93 bits per heavy atom. The van der Waals surface area contributed by atoms with Crippen molar-refractivity contribution in [2.24, 2.45) is 4.99 Å². The van der Waals surface area contributed by atoms with Crippen LogP contribution >= 0.6 is 0 Å². The van der Waals surface area contributed by atoms with Gasteiger partial charge in [-0.15, -0.1) is 0 Å². The summed E-state index contributed by atoms with van der Waals surface area (Å²) in [6.45, 7) is 12.9. The molecular formula is C23H39N5O2. The zero-order chi connectivity index (χ0) is 21.3. The van der Waals surface area contributed by atoms with Gasteiger partial charge < -0.3 is 25.0 Å². The fourth-order valence-electron chi connectivity index (χ4n) is 4.44. The van der Waals surface area contributed by atoms with E-state index >= 15 is 0 Å². The summed E-state index contributed by atoms with van der Waals surface area (Å²) in [7, 11) is 1.74. The monoisotopic (exact) mass is 417 g/mol. The highest BCUT2D eigenvalue weighted by Crippen LogP contribution is 2.29. The van der Waals surface area contributed by atoms with Crippen LogP contribution in [0.25, 0.3) is 0 Å². The van der Waals surface area contributed by atoms with E-state index in [4.69, 9.17) is 14.5 Å². The van der Waals surface area contributed by atoms with Gasteiger partial charge in [0.1, 0.15) is 5.75 Å². The minimum Gasteiger partial charge on any atom is -0.495 e. The Balaban J connectivity index is 1.60. The Morgan fingerprint density at radius 2 is 2.17 bits per heavy atom. The predicted molar refractivity (Wildman–Crippen MR) is 124 cm³/mol. The largest absolute Gasteiger partial charge is 0.495 e. The number of aliphatic imine (C=N–C) groups is 1. The summed E-state index contributed by atoms with van der Waals surface area (Å²) in [5, 5.41) is 7.11. The van der Waals surface area contributed by atoms with Crippen LogP contribution in [0.3, 0.4) is 0 Å². The molecule has 2 N–H and O–H groups in total. The first-order valence-corrected chi connectivity index (χ1v) is 11.4. The van der Waals surface area contributed by atoms with Crippen LogP contribution in [0.2, 0.25) is 0 Å². The van der Waals surface area contributed by atoms with Crippen molar-refractivity contribution in [2.45, 2.75) is 51.7 Å².